The fourth-order valence-electron chi connectivity index (χ4n) is 4.12. The number of nitrogens with two attached hydrogens (primary N) is 1. The van der Waals surface area contributed by atoms with Crippen molar-refractivity contribution in [3.05, 3.63) is 0 Å². The first kappa shape index (κ1) is 17.7. The average molecular weight is 311 g/mol. The average Bonchev–Trinajstić information content (AvgIpc) is 2.84. The van der Waals surface area contributed by atoms with Crippen LogP contribution in [0, 0.1) is 5.92 Å². The summed E-state index contributed by atoms with van der Waals surface area (Å²) in [5.74, 6) is 0.244. The second-order valence-electron chi connectivity index (χ2n) is 7.36. The molecule has 22 heavy (non-hydrogen) atoms. The summed E-state index contributed by atoms with van der Waals surface area (Å²) in [7, 11) is 2.17. The molecule has 2 aliphatic rings. The molecule has 1 aliphatic carbocycles. The number of hydrogen-bond acceptors (Lipinski definition) is 4. The first-order valence-electron chi connectivity index (χ1n) is 8.82. The minimum absolute atomic E-state index is 0.0777. The number of likely N-dealkylation sites (tertiary alicyclic amines) is 1. The predicted octanol–water partition coefficient (Wildman–Crippen LogP) is 1.19. The van der Waals surface area contributed by atoms with Crippen molar-refractivity contribution in [3.63, 3.8) is 0 Å². The molecule has 0 aromatic rings. The second kappa shape index (κ2) is 7.28. The molecule has 2 rings (SSSR count). The highest BCUT2D eigenvalue weighted by atomic mass is 16.3. The van der Waals surface area contributed by atoms with Gasteiger partial charge >= 0.3 is 0 Å². The smallest absolute Gasteiger partial charge is 0.239 e. The third-order valence-electron chi connectivity index (χ3n) is 5.82. The zero-order valence-electron chi connectivity index (χ0n) is 14.5. The van der Waals surface area contributed by atoms with Crippen LogP contribution in [-0.2, 0) is 4.79 Å². The van der Waals surface area contributed by atoms with Crippen LogP contribution >= 0.6 is 0 Å². The van der Waals surface area contributed by atoms with Gasteiger partial charge < -0.3 is 20.6 Å². The van der Waals surface area contributed by atoms with Gasteiger partial charge in [0.2, 0.25) is 5.91 Å². The Bertz CT molecular complexity index is 388. The summed E-state index contributed by atoms with van der Waals surface area (Å²) < 4.78 is 0. The zero-order valence-corrected chi connectivity index (χ0v) is 14.5. The summed E-state index contributed by atoms with van der Waals surface area (Å²) >= 11 is 0. The van der Waals surface area contributed by atoms with Gasteiger partial charge in [-0.1, -0.05) is 6.92 Å². The molecule has 3 N–H and O–H groups in total. The van der Waals surface area contributed by atoms with Crippen LogP contribution in [0.1, 0.15) is 52.9 Å². The lowest BCUT2D eigenvalue weighted by molar-refractivity contribution is -0.134. The highest BCUT2D eigenvalue weighted by molar-refractivity contribution is 5.84. The van der Waals surface area contributed by atoms with Crippen molar-refractivity contribution in [3.8, 4) is 0 Å². The third-order valence-corrected chi connectivity index (χ3v) is 5.82. The summed E-state index contributed by atoms with van der Waals surface area (Å²) in [6.45, 7) is 7.19. The van der Waals surface area contributed by atoms with Gasteiger partial charge in [-0.2, -0.15) is 0 Å². The van der Waals surface area contributed by atoms with E-state index in [1.165, 1.54) is 0 Å². The normalized spacial score (nSPS) is 34.7. The van der Waals surface area contributed by atoms with Crippen LogP contribution in [0.2, 0.25) is 0 Å². The molecule has 5 atom stereocenters. The summed E-state index contributed by atoms with van der Waals surface area (Å²) in [5.41, 5.74) is 5.88. The highest BCUT2D eigenvalue weighted by Crippen LogP contribution is 2.36. The van der Waals surface area contributed by atoms with Crippen molar-refractivity contribution in [1.29, 1.82) is 0 Å². The molecular formula is C17H33N3O2. The molecule has 0 radical (unpaired) electrons. The lowest BCUT2D eigenvalue weighted by Crippen LogP contribution is -2.53. The summed E-state index contributed by atoms with van der Waals surface area (Å²) in [6, 6.07) is 0.819. The fourth-order valence-corrected chi connectivity index (χ4v) is 4.12. The molecule has 5 nitrogen and oxygen atoms in total. The van der Waals surface area contributed by atoms with Gasteiger partial charge in [-0.25, -0.2) is 0 Å². The number of amides is 1. The Balaban J connectivity index is 2.12. The summed E-state index contributed by atoms with van der Waals surface area (Å²) in [5, 5.41) is 10.5. The first-order valence-corrected chi connectivity index (χ1v) is 8.82. The van der Waals surface area contributed by atoms with Crippen LogP contribution in [0.4, 0.5) is 0 Å². The maximum atomic E-state index is 12.3. The number of carbonyl (C=O) groups is 1. The van der Waals surface area contributed by atoms with E-state index >= 15 is 0 Å². The highest BCUT2D eigenvalue weighted by Gasteiger charge is 2.43. The minimum atomic E-state index is -0.338. The van der Waals surface area contributed by atoms with Crippen molar-refractivity contribution in [2.45, 2.75) is 83.1 Å². The maximum Gasteiger partial charge on any atom is 0.239 e. The SMILES string of the molecule is CC[C@H](O)[C@@H]1C[C@H](N(C)C(C)C)CC[C@@H]1N1CCC(N)C1=O. The molecule has 5 heteroatoms. The van der Waals surface area contributed by atoms with Gasteiger partial charge in [-0.05, 0) is 53.0 Å². The molecule has 1 unspecified atom stereocenters. The van der Waals surface area contributed by atoms with Gasteiger partial charge in [0.15, 0.2) is 0 Å². The molecule has 1 amide bonds. The van der Waals surface area contributed by atoms with Gasteiger partial charge in [0.1, 0.15) is 0 Å². The molecule has 0 aromatic heterocycles. The zero-order chi connectivity index (χ0) is 16.4. The Morgan fingerprint density at radius 1 is 1.36 bits per heavy atom. The number of aliphatic hydroxyl groups is 1. The third kappa shape index (κ3) is 3.47. The molecule has 128 valence electrons. The lowest BCUT2D eigenvalue weighted by atomic mass is 9.76. The Labute approximate surface area is 134 Å². The van der Waals surface area contributed by atoms with Gasteiger partial charge in [0.05, 0.1) is 12.1 Å². The quantitative estimate of drug-likeness (QED) is 0.800. The molecule has 1 saturated carbocycles. The molecule has 1 aliphatic heterocycles. The number of nitrogens with zero attached hydrogens (tertiary/aromatic N) is 2. The molecular weight excluding hydrogens is 278 g/mol. The number of aliphatic hydroxyl groups excluding tert-OH is 1. The first-order chi connectivity index (χ1) is 10.4. The van der Waals surface area contributed by atoms with Crippen molar-refractivity contribution in [1.82, 2.24) is 9.80 Å². The predicted molar refractivity (Wildman–Crippen MR) is 88.4 cm³/mol. The van der Waals surface area contributed by atoms with E-state index in [1.807, 2.05) is 11.8 Å². The van der Waals surface area contributed by atoms with E-state index in [4.69, 9.17) is 5.73 Å². The van der Waals surface area contributed by atoms with E-state index in [0.29, 0.717) is 12.1 Å². The molecule has 2 fully saturated rings. The van der Waals surface area contributed by atoms with Gasteiger partial charge in [0, 0.05) is 30.6 Å². The molecule has 0 aromatic carbocycles. The van der Waals surface area contributed by atoms with E-state index in [0.717, 1.165) is 38.6 Å². The van der Waals surface area contributed by atoms with Gasteiger partial charge in [-0.3, -0.25) is 4.79 Å². The Kier molecular flexibility index (Phi) is 5.86. The Hall–Kier alpha value is -0.650. The van der Waals surface area contributed by atoms with Crippen LogP contribution in [0.15, 0.2) is 0 Å². The van der Waals surface area contributed by atoms with E-state index < -0.39 is 0 Å². The lowest BCUT2D eigenvalue weighted by Gasteiger charge is -2.46. The Morgan fingerprint density at radius 3 is 2.55 bits per heavy atom. The second-order valence-corrected chi connectivity index (χ2v) is 7.36. The largest absolute Gasteiger partial charge is 0.393 e. The molecule has 0 spiro atoms. The van der Waals surface area contributed by atoms with E-state index in [2.05, 4.69) is 25.8 Å². The standard InChI is InChI=1S/C17H33N3O2/c1-5-16(21)13-10-12(19(4)11(2)3)6-7-15(13)20-9-8-14(18)17(20)22/h11-16,21H,5-10,18H2,1-4H3/t12-,13-,14?,15+,16+/m1/s1. The van der Waals surface area contributed by atoms with Gasteiger partial charge in [0.25, 0.3) is 0 Å². The van der Waals surface area contributed by atoms with Crippen LogP contribution < -0.4 is 5.73 Å². The van der Waals surface area contributed by atoms with Crippen LogP contribution in [0.3, 0.4) is 0 Å². The van der Waals surface area contributed by atoms with E-state index in [1.54, 1.807) is 0 Å². The van der Waals surface area contributed by atoms with Crippen LogP contribution in [0.5, 0.6) is 0 Å². The van der Waals surface area contributed by atoms with Crippen LogP contribution in [-0.4, -0.2) is 64.7 Å². The maximum absolute atomic E-state index is 12.3. The van der Waals surface area contributed by atoms with Crippen molar-refractivity contribution >= 4 is 5.91 Å². The summed E-state index contributed by atoms with van der Waals surface area (Å²) in [4.78, 5) is 16.7. The number of rotatable bonds is 5. The summed E-state index contributed by atoms with van der Waals surface area (Å²) in [6.07, 6.45) is 4.19. The topological polar surface area (TPSA) is 69.8 Å². The van der Waals surface area contributed by atoms with Gasteiger partial charge in [-0.15, -0.1) is 0 Å². The monoisotopic (exact) mass is 311 g/mol. The van der Waals surface area contributed by atoms with Crippen molar-refractivity contribution in [2.24, 2.45) is 11.7 Å². The Morgan fingerprint density at radius 2 is 2.05 bits per heavy atom. The van der Waals surface area contributed by atoms with Crippen molar-refractivity contribution < 1.29 is 9.90 Å². The molecule has 1 saturated heterocycles. The molecule has 1 heterocycles. The number of hydrogen-bond donors (Lipinski definition) is 2. The molecule has 0 bridgehead atoms. The van der Waals surface area contributed by atoms with Crippen LogP contribution in [0.25, 0.3) is 0 Å². The minimum Gasteiger partial charge on any atom is -0.393 e. The van der Waals surface area contributed by atoms with E-state index in [9.17, 15) is 9.90 Å². The fraction of sp³-hybridized carbons (Fsp3) is 0.941. The number of carbonyl (C=O) groups excluding carboxylic acids is 1. The van der Waals surface area contributed by atoms with E-state index in [-0.39, 0.29) is 30.0 Å². The van der Waals surface area contributed by atoms with Crippen molar-refractivity contribution in [2.75, 3.05) is 13.6 Å².